The lowest BCUT2D eigenvalue weighted by Crippen LogP contribution is -2.19. The van der Waals surface area contributed by atoms with Gasteiger partial charge in [0.1, 0.15) is 5.82 Å². The Labute approximate surface area is 143 Å². The third kappa shape index (κ3) is 2.94. The first-order valence-electron chi connectivity index (χ1n) is 6.77. The van der Waals surface area contributed by atoms with Gasteiger partial charge in [-0.05, 0) is 22.6 Å². The molecule has 0 spiro atoms. The van der Waals surface area contributed by atoms with Crippen molar-refractivity contribution in [2.75, 3.05) is 0 Å². The van der Waals surface area contributed by atoms with Crippen molar-refractivity contribution in [2.24, 2.45) is 0 Å². The zero-order chi connectivity index (χ0) is 15.7. The van der Waals surface area contributed by atoms with E-state index in [1.807, 2.05) is 42.5 Å². The number of hydrogen-bond donors (Lipinski definition) is 0. The van der Waals surface area contributed by atoms with Gasteiger partial charge in [0, 0.05) is 5.39 Å². The molecule has 0 saturated heterocycles. The lowest BCUT2D eigenvalue weighted by atomic mass is 9.88. The maximum atomic E-state index is 14.0. The monoisotopic (exact) mass is 352 g/mol. The van der Waals surface area contributed by atoms with Crippen molar-refractivity contribution in [3.8, 4) is 0 Å². The van der Waals surface area contributed by atoms with Gasteiger partial charge in [-0.2, -0.15) is 0 Å². The quantitative estimate of drug-likeness (QED) is 0.462. The third-order valence-corrected chi connectivity index (χ3v) is 4.33. The summed E-state index contributed by atoms with van der Waals surface area (Å²) in [6.45, 7) is 0. The standard InChI is InChI=1S/C18H12Cl3F/c19-18(20,21)17(12-6-2-1-3-7-12)15-10-11-16(22)14-9-5-4-8-13(14)15/h1-11,17H. The van der Waals surface area contributed by atoms with Crippen LogP contribution in [-0.2, 0) is 0 Å². The maximum Gasteiger partial charge on any atom is 0.201 e. The summed E-state index contributed by atoms with van der Waals surface area (Å²) in [5.74, 6) is -0.764. The largest absolute Gasteiger partial charge is 0.206 e. The van der Waals surface area contributed by atoms with Gasteiger partial charge < -0.3 is 0 Å². The summed E-state index contributed by atoms with van der Waals surface area (Å²) in [7, 11) is 0. The first-order chi connectivity index (χ1) is 10.5. The molecule has 0 bridgehead atoms. The van der Waals surface area contributed by atoms with Crippen LogP contribution in [0.5, 0.6) is 0 Å². The second-order valence-electron chi connectivity index (χ2n) is 5.07. The normalized spacial score (nSPS) is 13.3. The van der Waals surface area contributed by atoms with Gasteiger partial charge in [0.15, 0.2) is 0 Å². The average Bonchev–Trinajstić information content (AvgIpc) is 2.50. The summed E-state index contributed by atoms with van der Waals surface area (Å²) in [6.07, 6.45) is 0. The van der Waals surface area contributed by atoms with E-state index in [-0.39, 0.29) is 5.82 Å². The summed E-state index contributed by atoms with van der Waals surface area (Å²) in [5, 5.41) is 1.28. The molecule has 0 nitrogen and oxygen atoms in total. The summed E-state index contributed by atoms with van der Waals surface area (Å²) in [4.78, 5) is 0. The molecular weight excluding hydrogens is 342 g/mol. The van der Waals surface area contributed by atoms with Crippen LogP contribution in [0.4, 0.5) is 4.39 Å². The molecule has 0 aliphatic carbocycles. The highest BCUT2D eigenvalue weighted by molar-refractivity contribution is 6.68. The van der Waals surface area contributed by atoms with Crippen molar-refractivity contribution in [3.05, 3.63) is 83.7 Å². The topological polar surface area (TPSA) is 0 Å². The van der Waals surface area contributed by atoms with Crippen molar-refractivity contribution in [1.29, 1.82) is 0 Å². The van der Waals surface area contributed by atoms with Crippen LogP contribution in [0.1, 0.15) is 17.0 Å². The Bertz CT molecular complexity index is 794. The van der Waals surface area contributed by atoms with E-state index in [1.54, 1.807) is 18.2 Å². The van der Waals surface area contributed by atoms with Crippen LogP contribution in [0.3, 0.4) is 0 Å². The van der Waals surface area contributed by atoms with Gasteiger partial charge in [-0.1, -0.05) is 95.5 Å². The Balaban J connectivity index is 2.28. The molecule has 3 aromatic carbocycles. The molecule has 4 heteroatoms. The molecule has 22 heavy (non-hydrogen) atoms. The molecule has 0 aliphatic rings. The van der Waals surface area contributed by atoms with Gasteiger partial charge in [-0.3, -0.25) is 0 Å². The van der Waals surface area contributed by atoms with Crippen LogP contribution in [-0.4, -0.2) is 3.79 Å². The Hall–Kier alpha value is -1.28. The summed E-state index contributed by atoms with van der Waals surface area (Å²) in [6, 6.07) is 19.8. The minimum atomic E-state index is -1.54. The molecule has 3 rings (SSSR count). The zero-order valence-electron chi connectivity index (χ0n) is 11.4. The predicted octanol–water partition coefficient (Wildman–Crippen LogP) is 6.48. The molecule has 0 amide bonds. The van der Waals surface area contributed by atoms with Crippen molar-refractivity contribution >= 4 is 45.6 Å². The second kappa shape index (κ2) is 6.08. The molecule has 0 radical (unpaired) electrons. The maximum absolute atomic E-state index is 14.0. The van der Waals surface area contributed by atoms with Crippen LogP contribution in [0.25, 0.3) is 10.8 Å². The molecule has 1 atom stereocenters. The highest BCUT2D eigenvalue weighted by Crippen LogP contribution is 2.47. The molecular formula is C18H12Cl3F. The van der Waals surface area contributed by atoms with E-state index in [9.17, 15) is 4.39 Å². The molecule has 112 valence electrons. The fourth-order valence-corrected chi connectivity index (χ4v) is 3.46. The molecule has 0 fully saturated rings. The number of alkyl halides is 3. The van der Waals surface area contributed by atoms with Gasteiger partial charge >= 0.3 is 0 Å². The summed E-state index contributed by atoms with van der Waals surface area (Å²) < 4.78 is 12.5. The van der Waals surface area contributed by atoms with E-state index in [1.165, 1.54) is 6.07 Å². The lowest BCUT2D eigenvalue weighted by molar-refractivity contribution is 0.639. The minimum Gasteiger partial charge on any atom is -0.206 e. The predicted molar refractivity (Wildman–Crippen MR) is 92.5 cm³/mol. The number of hydrogen-bond acceptors (Lipinski definition) is 0. The van der Waals surface area contributed by atoms with Crippen molar-refractivity contribution in [1.82, 2.24) is 0 Å². The zero-order valence-corrected chi connectivity index (χ0v) is 13.7. The van der Waals surface area contributed by atoms with Gasteiger partial charge in [-0.25, -0.2) is 4.39 Å². The van der Waals surface area contributed by atoms with Crippen LogP contribution in [0, 0.1) is 5.82 Å². The highest BCUT2D eigenvalue weighted by Gasteiger charge is 2.36. The van der Waals surface area contributed by atoms with E-state index in [0.717, 1.165) is 16.5 Å². The third-order valence-electron chi connectivity index (χ3n) is 3.68. The van der Waals surface area contributed by atoms with E-state index in [4.69, 9.17) is 34.8 Å². The molecule has 0 aliphatic heterocycles. The van der Waals surface area contributed by atoms with Crippen molar-refractivity contribution in [3.63, 3.8) is 0 Å². The smallest absolute Gasteiger partial charge is 0.201 e. The summed E-state index contributed by atoms with van der Waals surface area (Å²) in [5.41, 5.74) is 1.67. The fourth-order valence-electron chi connectivity index (χ4n) is 2.73. The van der Waals surface area contributed by atoms with Crippen molar-refractivity contribution in [2.45, 2.75) is 9.71 Å². The van der Waals surface area contributed by atoms with E-state index in [0.29, 0.717) is 5.39 Å². The first kappa shape index (κ1) is 15.6. The molecule has 0 N–H and O–H groups in total. The average molecular weight is 354 g/mol. The molecule has 0 aromatic heterocycles. The Kier molecular flexibility index (Phi) is 4.31. The summed E-state index contributed by atoms with van der Waals surface area (Å²) >= 11 is 18.7. The number of rotatable bonds is 2. The molecule has 1 unspecified atom stereocenters. The van der Waals surface area contributed by atoms with Gasteiger partial charge in [-0.15, -0.1) is 0 Å². The molecule has 3 aromatic rings. The van der Waals surface area contributed by atoms with Gasteiger partial charge in [0.25, 0.3) is 0 Å². The number of fused-ring (bicyclic) bond motifs is 1. The minimum absolute atomic E-state index is 0.282. The van der Waals surface area contributed by atoms with Gasteiger partial charge in [0.2, 0.25) is 3.79 Å². The fraction of sp³-hybridized carbons (Fsp3) is 0.111. The van der Waals surface area contributed by atoms with Crippen LogP contribution < -0.4 is 0 Å². The van der Waals surface area contributed by atoms with E-state index >= 15 is 0 Å². The highest BCUT2D eigenvalue weighted by atomic mass is 35.6. The Morgan fingerprint density at radius 1 is 0.727 bits per heavy atom. The van der Waals surface area contributed by atoms with E-state index in [2.05, 4.69) is 0 Å². The lowest BCUT2D eigenvalue weighted by Gasteiger charge is -2.26. The first-order valence-corrected chi connectivity index (χ1v) is 7.90. The van der Waals surface area contributed by atoms with E-state index < -0.39 is 9.71 Å². The number of benzene rings is 3. The Morgan fingerprint density at radius 3 is 1.95 bits per heavy atom. The van der Waals surface area contributed by atoms with Crippen LogP contribution in [0.2, 0.25) is 0 Å². The molecule has 0 saturated carbocycles. The SMILES string of the molecule is Fc1ccc(C(c2ccccc2)C(Cl)(Cl)Cl)c2ccccc12. The van der Waals surface area contributed by atoms with Crippen molar-refractivity contribution < 1.29 is 4.39 Å². The second-order valence-corrected chi connectivity index (χ2v) is 7.44. The van der Waals surface area contributed by atoms with Crippen LogP contribution >= 0.6 is 34.8 Å². The van der Waals surface area contributed by atoms with Crippen LogP contribution in [0.15, 0.2) is 66.7 Å². The van der Waals surface area contributed by atoms with Gasteiger partial charge in [0.05, 0.1) is 5.92 Å². The Morgan fingerprint density at radius 2 is 1.32 bits per heavy atom. The molecule has 0 heterocycles. The number of halogens is 4.